The SMILES string of the molecule is COC1(COc2cnc(C)cc2-c2ccn3nc(NC(=O)C4CC4)cc3c2)CNC1. The molecule has 0 aromatic carbocycles. The number of hydrogen-bond donors (Lipinski definition) is 2. The van der Waals surface area contributed by atoms with Crippen LogP contribution in [-0.2, 0) is 9.53 Å². The molecule has 0 atom stereocenters. The zero-order valence-electron chi connectivity index (χ0n) is 17.1. The highest BCUT2D eigenvalue weighted by atomic mass is 16.5. The van der Waals surface area contributed by atoms with Crippen molar-refractivity contribution in [1.29, 1.82) is 0 Å². The molecule has 3 aromatic rings. The summed E-state index contributed by atoms with van der Waals surface area (Å²) in [6, 6.07) is 7.94. The van der Waals surface area contributed by atoms with E-state index < -0.39 is 0 Å². The van der Waals surface area contributed by atoms with Crippen LogP contribution < -0.4 is 15.4 Å². The molecule has 0 radical (unpaired) electrons. The van der Waals surface area contributed by atoms with Gasteiger partial charge in [-0.05, 0) is 43.5 Å². The highest BCUT2D eigenvalue weighted by Gasteiger charge is 2.38. The summed E-state index contributed by atoms with van der Waals surface area (Å²) in [6.45, 7) is 3.97. The first-order valence-corrected chi connectivity index (χ1v) is 10.2. The number of nitrogens with one attached hydrogen (secondary N) is 2. The fourth-order valence-electron chi connectivity index (χ4n) is 3.60. The van der Waals surface area contributed by atoms with Gasteiger partial charge in [0, 0.05) is 49.6 Å². The van der Waals surface area contributed by atoms with Crippen molar-refractivity contribution in [1.82, 2.24) is 19.9 Å². The number of carbonyl (C=O) groups is 1. The molecular formula is C22H25N5O3. The van der Waals surface area contributed by atoms with Gasteiger partial charge in [-0.15, -0.1) is 0 Å². The second-order valence-corrected chi connectivity index (χ2v) is 8.18. The predicted octanol–water partition coefficient (Wildman–Crippen LogP) is 2.42. The molecule has 0 bridgehead atoms. The van der Waals surface area contributed by atoms with E-state index in [0.717, 1.165) is 54.0 Å². The lowest BCUT2D eigenvalue weighted by molar-refractivity contribution is -0.117. The summed E-state index contributed by atoms with van der Waals surface area (Å²) in [4.78, 5) is 16.4. The molecule has 8 nitrogen and oxygen atoms in total. The van der Waals surface area contributed by atoms with Crippen LogP contribution in [-0.4, -0.2) is 52.9 Å². The van der Waals surface area contributed by atoms with Crippen molar-refractivity contribution in [3.63, 3.8) is 0 Å². The van der Waals surface area contributed by atoms with Crippen LogP contribution >= 0.6 is 0 Å². The summed E-state index contributed by atoms with van der Waals surface area (Å²) in [5.41, 5.74) is 3.49. The fourth-order valence-corrected chi connectivity index (χ4v) is 3.60. The Morgan fingerprint density at radius 3 is 2.87 bits per heavy atom. The summed E-state index contributed by atoms with van der Waals surface area (Å²) in [5, 5.41) is 10.6. The van der Waals surface area contributed by atoms with E-state index in [1.807, 2.05) is 37.4 Å². The van der Waals surface area contributed by atoms with Gasteiger partial charge in [-0.25, -0.2) is 4.52 Å². The van der Waals surface area contributed by atoms with Gasteiger partial charge < -0.3 is 20.1 Å². The Morgan fingerprint density at radius 2 is 2.17 bits per heavy atom. The van der Waals surface area contributed by atoms with Crippen LogP contribution in [0.4, 0.5) is 5.82 Å². The number of fused-ring (bicyclic) bond motifs is 1. The van der Waals surface area contributed by atoms with Gasteiger partial charge >= 0.3 is 0 Å². The summed E-state index contributed by atoms with van der Waals surface area (Å²) >= 11 is 0. The molecule has 8 heteroatoms. The molecule has 1 amide bonds. The second-order valence-electron chi connectivity index (χ2n) is 8.18. The van der Waals surface area contributed by atoms with E-state index >= 15 is 0 Å². The van der Waals surface area contributed by atoms with E-state index in [0.29, 0.717) is 12.4 Å². The minimum absolute atomic E-state index is 0.0524. The number of amides is 1. The monoisotopic (exact) mass is 407 g/mol. The quantitative estimate of drug-likeness (QED) is 0.625. The standard InChI is InChI=1S/C22H25N5O3/c1-14-7-18(19(10-24-14)30-13-22(29-2)11-23-12-22)16-5-6-27-17(8-16)9-20(26-27)25-21(28)15-3-4-15/h5-10,15,23H,3-4,11-13H2,1-2H3,(H,25,26,28). The number of anilines is 1. The van der Waals surface area contributed by atoms with Crippen molar-refractivity contribution in [3.05, 3.63) is 42.4 Å². The number of pyridine rings is 2. The maximum absolute atomic E-state index is 12.0. The lowest BCUT2D eigenvalue weighted by Crippen LogP contribution is -2.63. The van der Waals surface area contributed by atoms with Gasteiger partial charge in [-0.2, -0.15) is 5.10 Å². The number of aryl methyl sites for hydroxylation is 1. The number of carbonyl (C=O) groups excluding carboxylic acids is 1. The topological polar surface area (TPSA) is 89.8 Å². The normalized spacial score (nSPS) is 17.5. The molecule has 0 spiro atoms. The number of nitrogens with zero attached hydrogens (tertiary/aromatic N) is 3. The van der Waals surface area contributed by atoms with Crippen molar-refractivity contribution in [3.8, 4) is 16.9 Å². The van der Waals surface area contributed by atoms with Gasteiger partial charge in [-0.3, -0.25) is 9.78 Å². The summed E-state index contributed by atoms with van der Waals surface area (Å²) in [7, 11) is 1.71. The van der Waals surface area contributed by atoms with E-state index in [4.69, 9.17) is 9.47 Å². The van der Waals surface area contributed by atoms with Crippen LogP contribution in [0.1, 0.15) is 18.5 Å². The average molecular weight is 407 g/mol. The number of rotatable bonds is 7. The maximum atomic E-state index is 12.0. The van der Waals surface area contributed by atoms with Gasteiger partial charge in [0.05, 0.1) is 11.7 Å². The first-order valence-electron chi connectivity index (χ1n) is 10.2. The summed E-state index contributed by atoms with van der Waals surface area (Å²) in [6.07, 6.45) is 5.59. The van der Waals surface area contributed by atoms with Crippen molar-refractivity contribution < 1.29 is 14.3 Å². The summed E-state index contributed by atoms with van der Waals surface area (Å²) < 4.78 is 13.5. The van der Waals surface area contributed by atoms with E-state index in [-0.39, 0.29) is 17.4 Å². The lowest BCUT2D eigenvalue weighted by atomic mass is 9.98. The van der Waals surface area contributed by atoms with Gasteiger partial charge in [0.2, 0.25) is 5.91 Å². The molecule has 1 saturated carbocycles. The minimum Gasteiger partial charge on any atom is -0.488 e. The average Bonchev–Trinajstić information content (AvgIpc) is 3.48. The van der Waals surface area contributed by atoms with E-state index in [2.05, 4.69) is 20.7 Å². The highest BCUT2D eigenvalue weighted by Crippen LogP contribution is 2.33. The van der Waals surface area contributed by atoms with Crippen molar-refractivity contribution in [2.24, 2.45) is 5.92 Å². The van der Waals surface area contributed by atoms with Crippen LogP contribution in [0.2, 0.25) is 0 Å². The molecule has 3 aromatic heterocycles. The zero-order valence-corrected chi connectivity index (χ0v) is 17.1. The Morgan fingerprint density at radius 1 is 1.33 bits per heavy atom. The maximum Gasteiger partial charge on any atom is 0.228 e. The third-order valence-corrected chi connectivity index (χ3v) is 5.80. The Labute approximate surface area is 174 Å². The van der Waals surface area contributed by atoms with Gasteiger partial charge in [0.1, 0.15) is 18.0 Å². The van der Waals surface area contributed by atoms with Crippen LogP contribution in [0.25, 0.3) is 16.6 Å². The lowest BCUT2D eigenvalue weighted by Gasteiger charge is -2.40. The van der Waals surface area contributed by atoms with Crippen molar-refractivity contribution in [2.45, 2.75) is 25.4 Å². The van der Waals surface area contributed by atoms with Crippen LogP contribution in [0, 0.1) is 12.8 Å². The number of ether oxygens (including phenoxy) is 2. The first kappa shape index (κ1) is 19.0. The molecule has 2 N–H and O–H groups in total. The smallest absolute Gasteiger partial charge is 0.228 e. The molecule has 1 saturated heterocycles. The molecule has 1 aliphatic carbocycles. The van der Waals surface area contributed by atoms with Gasteiger partial charge in [0.15, 0.2) is 5.82 Å². The molecule has 0 unspecified atom stereocenters. The predicted molar refractivity (Wildman–Crippen MR) is 113 cm³/mol. The van der Waals surface area contributed by atoms with Crippen LogP contribution in [0.3, 0.4) is 0 Å². The highest BCUT2D eigenvalue weighted by molar-refractivity contribution is 5.93. The number of aromatic nitrogens is 3. The molecular weight excluding hydrogens is 382 g/mol. The zero-order chi connectivity index (χ0) is 20.7. The first-order chi connectivity index (χ1) is 14.5. The molecule has 1 aliphatic heterocycles. The van der Waals surface area contributed by atoms with E-state index in [1.165, 1.54) is 0 Å². The molecule has 30 heavy (non-hydrogen) atoms. The molecule has 2 aliphatic rings. The van der Waals surface area contributed by atoms with Gasteiger partial charge in [0.25, 0.3) is 0 Å². The Hall–Kier alpha value is -2.97. The minimum atomic E-state index is -0.285. The molecule has 2 fully saturated rings. The molecule has 4 heterocycles. The van der Waals surface area contributed by atoms with Gasteiger partial charge in [-0.1, -0.05) is 0 Å². The van der Waals surface area contributed by atoms with Crippen LogP contribution in [0.15, 0.2) is 36.7 Å². The fraction of sp³-hybridized carbons (Fsp3) is 0.409. The Balaban J connectivity index is 1.42. The van der Waals surface area contributed by atoms with Crippen molar-refractivity contribution in [2.75, 3.05) is 32.1 Å². The summed E-state index contributed by atoms with van der Waals surface area (Å²) in [5.74, 6) is 1.49. The van der Waals surface area contributed by atoms with Crippen LogP contribution in [0.5, 0.6) is 5.75 Å². The third kappa shape index (κ3) is 3.64. The van der Waals surface area contributed by atoms with E-state index in [1.54, 1.807) is 17.8 Å². The molecule has 5 rings (SSSR count). The van der Waals surface area contributed by atoms with Crippen molar-refractivity contribution >= 4 is 17.2 Å². The molecule has 156 valence electrons. The second kappa shape index (κ2) is 7.37. The van der Waals surface area contributed by atoms with E-state index in [9.17, 15) is 4.79 Å². The third-order valence-electron chi connectivity index (χ3n) is 5.80. The largest absolute Gasteiger partial charge is 0.488 e. The Bertz CT molecular complexity index is 1100. The Kier molecular flexibility index (Phi) is 4.67. The number of hydrogen-bond acceptors (Lipinski definition) is 6. The number of methoxy groups -OCH3 is 1.